The zero-order valence-electron chi connectivity index (χ0n) is 19.4. The molecule has 0 aromatic heterocycles. The Hall–Kier alpha value is -3.18. The summed E-state index contributed by atoms with van der Waals surface area (Å²) in [7, 11) is 0. The van der Waals surface area contributed by atoms with Gasteiger partial charge in [-0.05, 0) is 43.4 Å². The van der Waals surface area contributed by atoms with Crippen LogP contribution >= 0.6 is 12.6 Å². The minimum atomic E-state index is -0.430. The van der Waals surface area contributed by atoms with E-state index in [1.165, 1.54) is 24.3 Å². The van der Waals surface area contributed by atoms with Crippen LogP contribution in [0.4, 0.5) is 11.4 Å². The highest BCUT2D eigenvalue weighted by Gasteiger charge is 2.36. The number of benzene rings is 2. The fraction of sp³-hybridized carbons (Fsp3) is 0.458. The van der Waals surface area contributed by atoms with E-state index in [0.29, 0.717) is 30.3 Å². The van der Waals surface area contributed by atoms with Gasteiger partial charge >= 0.3 is 0 Å². The van der Waals surface area contributed by atoms with Crippen molar-refractivity contribution in [2.45, 2.75) is 56.1 Å². The quantitative estimate of drug-likeness (QED) is 0.186. The molecule has 1 saturated carbocycles. The van der Waals surface area contributed by atoms with E-state index < -0.39 is 9.85 Å². The van der Waals surface area contributed by atoms with E-state index in [1.807, 2.05) is 0 Å². The molecule has 4 rings (SSSR count). The topological polar surface area (TPSA) is 131 Å². The second-order valence-corrected chi connectivity index (χ2v) is 9.94. The summed E-state index contributed by atoms with van der Waals surface area (Å²) in [6.45, 7) is 2.88. The first-order chi connectivity index (χ1) is 16.8. The first kappa shape index (κ1) is 24.9. The van der Waals surface area contributed by atoms with Gasteiger partial charge < -0.3 is 10.6 Å². The zero-order chi connectivity index (χ0) is 24.9. The van der Waals surface area contributed by atoms with E-state index in [1.54, 1.807) is 24.3 Å². The Morgan fingerprint density at radius 1 is 1.00 bits per heavy atom. The normalized spacial score (nSPS) is 22.9. The molecule has 0 radical (unpaired) electrons. The van der Waals surface area contributed by atoms with Crippen LogP contribution in [-0.4, -0.2) is 56.0 Å². The molecule has 1 saturated heterocycles. The lowest BCUT2D eigenvalue weighted by molar-refractivity contribution is -0.385. The van der Waals surface area contributed by atoms with E-state index in [0.717, 1.165) is 49.9 Å². The first-order valence-electron chi connectivity index (χ1n) is 11.8. The largest absolute Gasteiger partial charge is 0.370 e. The molecule has 1 aliphatic heterocycles. The number of guanidine groups is 1. The van der Waals surface area contributed by atoms with Crippen molar-refractivity contribution in [2.75, 3.05) is 13.1 Å². The summed E-state index contributed by atoms with van der Waals surface area (Å²) in [6, 6.07) is 13.5. The van der Waals surface area contributed by atoms with E-state index in [-0.39, 0.29) is 17.4 Å². The molecule has 2 N–H and O–H groups in total. The smallest absolute Gasteiger partial charge is 0.269 e. The standard InChI is InChI=1S/C24H30N6O4S/c25-24(26-14-17-1-5-19(6-2-17)29(31)32)28(15-18-3-7-20(8-4-18)30(33)34)22-10-9-21(13-22)27-12-11-23(35)16-27/h1-8,21-23,35H,9-16H2,(H2,25,26)/t21-,22-,23-/m1/s1. The Bertz CT molecular complexity index is 1080. The lowest BCUT2D eigenvalue weighted by atomic mass is 10.1. The fourth-order valence-electron chi connectivity index (χ4n) is 4.95. The van der Waals surface area contributed by atoms with Gasteiger partial charge in [-0.1, -0.05) is 24.3 Å². The van der Waals surface area contributed by atoms with Crippen molar-refractivity contribution in [3.05, 3.63) is 79.9 Å². The Kier molecular flexibility index (Phi) is 7.86. The molecule has 0 unspecified atom stereocenters. The number of nitrogens with zero attached hydrogens (tertiary/aromatic N) is 5. The van der Waals surface area contributed by atoms with Crippen molar-refractivity contribution < 1.29 is 9.85 Å². The van der Waals surface area contributed by atoms with Crippen LogP contribution in [0.2, 0.25) is 0 Å². The Morgan fingerprint density at radius 2 is 1.60 bits per heavy atom. The molecule has 0 amide bonds. The van der Waals surface area contributed by atoms with Crippen molar-refractivity contribution in [1.29, 1.82) is 0 Å². The van der Waals surface area contributed by atoms with Gasteiger partial charge in [0.25, 0.3) is 11.4 Å². The fourth-order valence-corrected chi connectivity index (χ4v) is 5.28. The summed E-state index contributed by atoms with van der Waals surface area (Å²) < 4.78 is 0. The number of nitro groups is 2. The zero-order valence-corrected chi connectivity index (χ0v) is 20.3. The molecule has 2 aromatic rings. The number of nitrogens with two attached hydrogens (primary N) is 1. The van der Waals surface area contributed by atoms with Gasteiger partial charge in [0.15, 0.2) is 5.96 Å². The van der Waals surface area contributed by atoms with Gasteiger partial charge in [-0.15, -0.1) is 0 Å². The van der Waals surface area contributed by atoms with Crippen molar-refractivity contribution in [3.8, 4) is 0 Å². The molecule has 2 aromatic carbocycles. The summed E-state index contributed by atoms with van der Waals surface area (Å²) in [6.07, 6.45) is 4.15. The molecule has 1 heterocycles. The van der Waals surface area contributed by atoms with Crippen LogP contribution in [0, 0.1) is 20.2 Å². The maximum absolute atomic E-state index is 11.0. The van der Waals surface area contributed by atoms with Gasteiger partial charge in [0, 0.05) is 54.7 Å². The molecule has 11 heteroatoms. The molecule has 2 fully saturated rings. The van der Waals surface area contributed by atoms with Gasteiger partial charge in [0.2, 0.25) is 0 Å². The lowest BCUT2D eigenvalue weighted by Gasteiger charge is -2.31. The van der Waals surface area contributed by atoms with Gasteiger partial charge in [-0.2, -0.15) is 12.6 Å². The van der Waals surface area contributed by atoms with Crippen molar-refractivity contribution in [3.63, 3.8) is 0 Å². The number of thiol groups is 1. The number of aliphatic imine (C=N–C) groups is 1. The number of non-ortho nitro benzene ring substituents is 2. The third-order valence-electron chi connectivity index (χ3n) is 6.89. The molecule has 2 aliphatic rings. The summed E-state index contributed by atoms with van der Waals surface area (Å²) in [5.41, 5.74) is 8.34. The molecule has 0 spiro atoms. The minimum absolute atomic E-state index is 0.0351. The molecular weight excluding hydrogens is 468 g/mol. The predicted molar refractivity (Wildman–Crippen MR) is 137 cm³/mol. The first-order valence-corrected chi connectivity index (χ1v) is 12.3. The average molecular weight is 499 g/mol. The van der Waals surface area contributed by atoms with Crippen molar-refractivity contribution >= 4 is 30.0 Å². The number of nitro benzene ring substituents is 2. The lowest BCUT2D eigenvalue weighted by Crippen LogP contribution is -2.44. The van der Waals surface area contributed by atoms with Crippen LogP contribution in [0.25, 0.3) is 0 Å². The molecular formula is C24H30N6O4S. The molecule has 10 nitrogen and oxygen atoms in total. The van der Waals surface area contributed by atoms with Crippen LogP contribution in [-0.2, 0) is 13.1 Å². The Morgan fingerprint density at radius 3 is 2.14 bits per heavy atom. The van der Waals surface area contributed by atoms with E-state index >= 15 is 0 Å². The Balaban J connectivity index is 1.50. The summed E-state index contributed by atoms with van der Waals surface area (Å²) >= 11 is 4.63. The average Bonchev–Trinajstić information content (AvgIpc) is 3.50. The highest BCUT2D eigenvalue weighted by Crippen LogP contribution is 2.32. The van der Waals surface area contributed by atoms with Gasteiger partial charge in [-0.25, -0.2) is 4.99 Å². The number of likely N-dealkylation sites (tertiary alicyclic amines) is 1. The van der Waals surface area contributed by atoms with Crippen LogP contribution in [0.1, 0.15) is 36.8 Å². The number of hydrogen-bond acceptors (Lipinski definition) is 7. The maximum atomic E-state index is 11.0. The summed E-state index contributed by atoms with van der Waals surface area (Å²) in [5.74, 6) is 0.404. The van der Waals surface area contributed by atoms with Crippen LogP contribution < -0.4 is 5.73 Å². The van der Waals surface area contributed by atoms with E-state index in [2.05, 4.69) is 27.4 Å². The van der Waals surface area contributed by atoms with Crippen molar-refractivity contribution in [1.82, 2.24) is 9.80 Å². The monoisotopic (exact) mass is 498 g/mol. The SMILES string of the molecule is NC(=NCc1ccc([N+](=O)[O-])cc1)N(Cc1ccc([N+](=O)[O-])cc1)[C@@H]1CC[C@@H](N2CC[C@@H](S)C2)C1. The Labute approximate surface area is 209 Å². The van der Waals surface area contributed by atoms with Crippen molar-refractivity contribution in [2.24, 2.45) is 10.7 Å². The van der Waals surface area contributed by atoms with Crippen LogP contribution in [0.15, 0.2) is 53.5 Å². The molecule has 3 atom stereocenters. The third-order valence-corrected chi connectivity index (χ3v) is 7.32. The van der Waals surface area contributed by atoms with Crippen LogP contribution in [0.5, 0.6) is 0 Å². The highest BCUT2D eigenvalue weighted by atomic mass is 32.1. The molecule has 35 heavy (non-hydrogen) atoms. The highest BCUT2D eigenvalue weighted by molar-refractivity contribution is 7.81. The number of hydrogen-bond donors (Lipinski definition) is 2. The second-order valence-electron chi connectivity index (χ2n) is 9.21. The summed E-state index contributed by atoms with van der Waals surface area (Å²) in [4.78, 5) is 30.3. The van der Waals surface area contributed by atoms with Gasteiger partial charge in [-0.3, -0.25) is 25.1 Å². The van der Waals surface area contributed by atoms with Gasteiger partial charge in [0.1, 0.15) is 0 Å². The molecule has 186 valence electrons. The maximum Gasteiger partial charge on any atom is 0.269 e. The van der Waals surface area contributed by atoms with E-state index in [4.69, 9.17) is 5.73 Å². The summed E-state index contributed by atoms with van der Waals surface area (Å²) in [5, 5.41) is 22.3. The van der Waals surface area contributed by atoms with E-state index in [9.17, 15) is 20.2 Å². The minimum Gasteiger partial charge on any atom is -0.370 e. The second kappa shape index (κ2) is 11.0. The molecule has 1 aliphatic carbocycles. The predicted octanol–water partition coefficient (Wildman–Crippen LogP) is 3.75. The third kappa shape index (κ3) is 6.29. The van der Waals surface area contributed by atoms with Gasteiger partial charge in [0.05, 0.1) is 16.4 Å². The van der Waals surface area contributed by atoms with Crippen LogP contribution in [0.3, 0.4) is 0 Å². The number of rotatable bonds is 8. The molecule has 0 bridgehead atoms.